The molecule has 4 nitrogen and oxygen atoms in total. The van der Waals surface area contributed by atoms with Crippen LogP contribution in [0.25, 0.3) is 0 Å². The van der Waals surface area contributed by atoms with Gasteiger partial charge in [0.2, 0.25) is 0 Å². The van der Waals surface area contributed by atoms with E-state index in [1.807, 2.05) is 17.5 Å². The first-order valence-electron chi connectivity index (χ1n) is 4.21. The molecule has 0 atom stereocenters. The molecule has 0 radical (unpaired) electrons. The predicted octanol–water partition coefficient (Wildman–Crippen LogP) is 2.16. The van der Waals surface area contributed by atoms with Gasteiger partial charge >= 0.3 is 11.9 Å². The van der Waals surface area contributed by atoms with Crippen LogP contribution in [0.15, 0.2) is 21.7 Å². The molecule has 0 aliphatic rings. The summed E-state index contributed by atoms with van der Waals surface area (Å²) < 4.78 is 0.947. The number of carboxylic acids is 2. The third-order valence-corrected chi connectivity index (χ3v) is 3.86. The molecule has 0 amide bonds. The number of rotatable bonds is 6. The Labute approximate surface area is 94.9 Å². The second-order valence-electron chi connectivity index (χ2n) is 2.87. The van der Waals surface area contributed by atoms with Gasteiger partial charge in [0.25, 0.3) is 0 Å². The second kappa shape index (κ2) is 5.77. The highest BCUT2D eigenvalue weighted by atomic mass is 32.2. The molecule has 0 bridgehead atoms. The van der Waals surface area contributed by atoms with Gasteiger partial charge in [-0.15, -0.1) is 23.1 Å². The Morgan fingerprint density at radius 2 is 1.93 bits per heavy atom. The molecule has 1 rings (SSSR count). The van der Waals surface area contributed by atoms with E-state index in [2.05, 4.69) is 0 Å². The lowest BCUT2D eigenvalue weighted by Gasteiger charge is -2.09. The van der Waals surface area contributed by atoms with E-state index < -0.39 is 17.2 Å². The van der Waals surface area contributed by atoms with E-state index in [0.717, 1.165) is 4.21 Å². The highest BCUT2D eigenvalue weighted by Gasteiger charge is 2.18. The van der Waals surface area contributed by atoms with Crippen LogP contribution >= 0.6 is 23.1 Å². The summed E-state index contributed by atoms with van der Waals surface area (Å²) in [7, 11) is 0. The molecule has 1 aromatic rings. The Bertz CT molecular complexity index is 318. The van der Waals surface area contributed by atoms with Crippen LogP contribution in [0.3, 0.4) is 0 Å². The average molecular weight is 246 g/mol. The molecule has 0 aliphatic carbocycles. The van der Waals surface area contributed by atoms with Crippen LogP contribution in [0.4, 0.5) is 0 Å². The highest BCUT2D eigenvalue weighted by molar-refractivity contribution is 8.01. The van der Waals surface area contributed by atoms with Gasteiger partial charge in [-0.2, -0.15) is 0 Å². The van der Waals surface area contributed by atoms with Crippen molar-refractivity contribution in [1.29, 1.82) is 0 Å². The molecule has 0 unspecified atom stereocenters. The van der Waals surface area contributed by atoms with Gasteiger partial charge in [0.1, 0.15) is 0 Å². The summed E-state index contributed by atoms with van der Waals surface area (Å²) in [6.45, 7) is 0. The molecule has 1 aromatic heterocycles. The maximum absolute atomic E-state index is 10.5. The molecule has 0 fully saturated rings. The standard InChI is InChI=1S/C9H10O4S2/c10-7(11)4-6(5-8(12)13)15-9-2-1-3-14-9/h1-3,6H,4-5H2,(H,10,11)(H,12,13). The Hall–Kier alpha value is -1.01. The Balaban J connectivity index is 2.55. The van der Waals surface area contributed by atoms with Crippen LogP contribution in [0.5, 0.6) is 0 Å². The molecule has 2 N–H and O–H groups in total. The molecule has 82 valence electrons. The summed E-state index contributed by atoms with van der Waals surface area (Å²) in [5.41, 5.74) is 0. The van der Waals surface area contributed by atoms with Crippen LogP contribution in [0.2, 0.25) is 0 Å². The first-order chi connectivity index (χ1) is 7.08. The monoisotopic (exact) mass is 246 g/mol. The first kappa shape index (κ1) is 12.1. The summed E-state index contributed by atoms with van der Waals surface area (Å²) in [4.78, 5) is 21.0. The van der Waals surface area contributed by atoms with Crippen molar-refractivity contribution >= 4 is 35.0 Å². The van der Waals surface area contributed by atoms with Crippen molar-refractivity contribution < 1.29 is 19.8 Å². The van der Waals surface area contributed by atoms with E-state index in [9.17, 15) is 9.59 Å². The molecule has 6 heteroatoms. The number of hydrogen-bond donors (Lipinski definition) is 2. The van der Waals surface area contributed by atoms with Gasteiger partial charge in [-0.05, 0) is 11.4 Å². The topological polar surface area (TPSA) is 74.6 Å². The maximum Gasteiger partial charge on any atom is 0.304 e. The van der Waals surface area contributed by atoms with Crippen molar-refractivity contribution in [2.45, 2.75) is 22.3 Å². The summed E-state index contributed by atoms with van der Waals surface area (Å²) >= 11 is 2.79. The van der Waals surface area contributed by atoms with E-state index in [4.69, 9.17) is 10.2 Å². The van der Waals surface area contributed by atoms with E-state index in [1.165, 1.54) is 23.1 Å². The molecule has 1 heterocycles. The number of thiophene rings is 1. The van der Waals surface area contributed by atoms with Crippen molar-refractivity contribution in [2.24, 2.45) is 0 Å². The van der Waals surface area contributed by atoms with Crippen LogP contribution < -0.4 is 0 Å². The molecule has 0 saturated heterocycles. The zero-order chi connectivity index (χ0) is 11.3. The van der Waals surface area contributed by atoms with Gasteiger partial charge in [-0.3, -0.25) is 9.59 Å². The third kappa shape index (κ3) is 4.85. The third-order valence-electron chi connectivity index (χ3n) is 1.58. The summed E-state index contributed by atoms with van der Waals surface area (Å²) in [6, 6.07) is 3.71. The summed E-state index contributed by atoms with van der Waals surface area (Å²) in [5, 5.41) is 18.7. The SMILES string of the molecule is O=C(O)CC(CC(=O)O)Sc1cccs1. The van der Waals surface area contributed by atoms with Crippen molar-refractivity contribution in [1.82, 2.24) is 0 Å². The fourth-order valence-corrected chi connectivity index (χ4v) is 3.22. The second-order valence-corrected chi connectivity index (χ2v) is 5.42. The first-order valence-corrected chi connectivity index (χ1v) is 5.97. The predicted molar refractivity (Wildman–Crippen MR) is 58.5 cm³/mol. The Morgan fingerprint density at radius 1 is 1.33 bits per heavy atom. The van der Waals surface area contributed by atoms with E-state index in [-0.39, 0.29) is 12.8 Å². The van der Waals surface area contributed by atoms with Crippen molar-refractivity contribution in [3.8, 4) is 0 Å². The zero-order valence-corrected chi connectivity index (χ0v) is 9.38. The fraction of sp³-hybridized carbons (Fsp3) is 0.333. The van der Waals surface area contributed by atoms with Gasteiger partial charge in [0.05, 0.1) is 17.1 Å². The van der Waals surface area contributed by atoms with Gasteiger partial charge in [0, 0.05) is 5.25 Å². The normalized spacial score (nSPS) is 10.5. The minimum absolute atomic E-state index is 0.130. The van der Waals surface area contributed by atoms with Gasteiger partial charge in [0.15, 0.2) is 0 Å². The molecule has 15 heavy (non-hydrogen) atoms. The van der Waals surface area contributed by atoms with Gasteiger partial charge in [-0.1, -0.05) is 6.07 Å². The largest absolute Gasteiger partial charge is 0.481 e. The molecule has 0 aromatic carbocycles. The molecular formula is C9H10O4S2. The number of aliphatic carboxylic acids is 2. The summed E-state index contributed by atoms with van der Waals surface area (Å²) in [6.07, 6.45) is -0.260. The van der Waals surface area contributed by atoms with Gasteiger partial charge in [-0.25, -0.2) is 0 Å². The number of carboxylic acid groups (broad SMARTS) is 2. The minimum atomic E-state index is -0.967. The fourth-order valence-electron chi connectivity index (χ4n) is 1.04. The lowest BCUT2D eigenvalue weighted by atomic mass is 10.2. The molecule has 0 saturated carbocycles. The van der Waals surface area contributed by atoms with Crippen LogP contribution in [0, 0.1) is 0 Å². The Morgan fingerprint density at radius 3 is 2.33 bits per heavy atom. The lowest BCUT2D eigenvalue weighted by Crippen LogP contribution is -2.14. The van der Waals surface area contributed by atoms with Crippen LogP contribution in [-0.2, 0) is 9.59 Å². The number of thioether (sulfide) groups is 1. The van der Waals surface area contributed by atoms with Crippen molar-refractivity contribution in [2.75, 3.05) is 0 Å². The summed E-state index contributed by atoms with van der Waals surface area (Å²) in [5.74, 6) is -1.93. The van der Waals surface area contributed by atoms with Crippen LogP contribution in [0.1, 0.15) is 12.8 Å². The number of hydrogen-bond acceptors (Lipinski definition) is 4. The zero-order valence-electron chi connectivity index (χ0n) is 7.75. The quantitative estimate of drug-likeness (QED) is 0.752. The van der Waals surface area contributed by atoms with Crippen molar-refractivity contribution in [3.05, 3.63) is 17.5 Å². The van der Waals surface area contributed by atoms with E-state index in [1.54, 1.807) is 0 Å². The molecule has 0 aliphatic heterocycles. The smallest absolute Gasteiger partial charge is 0.304 e. The minimum Gasteiger partial charge on any atom is -0.481 e. The van der Waals surface area contributed by atoms with E-state index in [0.29, 0.717) is 0 Å². The molecular weight excluding hydrogens is 236 g/mol. The van der Waals surface area contributed by atoms with Crippen molar-refractivity contribution in [3.63, 3.8) is 0 Å². The number of carbonyl (C=O) groups is 2. The van der Waals surface area contributed by atoms with Gasteiger partial charge < -0.3 is 10.2 Å². The maximum atomic E-state index is 10.5. The van der Waals surface area contributed by atoms with Crippen LogP contribution in [-0.4, -0.2) is 27.4 Å². The lowest BCUT2D eigenvalue weighted by molar-refractivity contribution is -0.138. The molecule has 0 spiro atoms. The average Bonchev–Trinajstić information content (AvgIpc) is 2.53. The Kier molecular flexibility index (Phi) is 4.64. The van der Waals surface area contributed by atoms with E-state index >= 15 is 0 Å². The highest BCUT2D eigenvalue weighted by Crippen LogP contribution is 2.31.